The van der Waals surface area contributed by atoms with Crippen molar-refractivity contribution in [2.45, 2.75) is 32.7 Å². The van der Waals surface area contributed by atoms with Crippen LogP contribution in [0.2, 0.25) is 0 Å². The van der Waals surface area contributed by atoms with Gasteiger partial charge in [-0.1, -0.05) is 11.6 Å². The second-order valence-electron chi connectivity index (χ2n) is 6.66. The molecule has 1 aromatic rings. The number of amides is 3. The van der Waals surface area contributed by atoms with Crippen molar-refractivity contribution in [2.24, 2.45) is 5.92 Å². The van der Waals surface area contributed by atoms with Crippen LogP contribution in [0.1, 0.15) is 46.0 Å². The summed E-state index contributed by atoms with van der Waals surface area (Å²) in [7, 11) is 0. The van der Waals surface area contributed by atoms with Crippen molar-refractivity contribution in [1.29, 1.82) is 0 Å². The number of aryl methyl sites for hydroxylation is 1. The SMILES string of the molecule is Cc1ccc2c(c1)C(=O)N(CC(=O)N1CCC[C@@H](C(=O)O)[C@H]1C)C2=O. The van der Waals surface area contributed by atoms with E-state index >= 15 is 0 Å². The summed E-state index contributed by atoms with van der Waals surface area (Å²) < 4.78 is 0. The van der Waals surface area contributed by atoms with Crippen LogP contribution in [0, 0.1) is 12.8 Å². The van der Waals surface area contributed by atoms with Gasteiger partial charge in [-0.3, -0.25) is 24.1 Å². The fourth-order valence-corrected chi connectivity index (χ4v) is 3.60. The normalized spacial score (nSPS) is 23.0. The average Bonchev–Trinajstić information content (AvgIpc) is 2.79. The van der Waals surface area contributed by atoms with Crippen molar-refractivity contribution in [2.75, 3.05) is 13.1 Å². The zero-order valence-electron chi connectivity index (χ0n) is 14.2. The van der Waals surface area contributed by atoms with E-state index in [2.05, 4.69) is 0 Å². The number of carbonyl (C=O) groups is 4. The number of hydrogen-bond donors (Lipinski definition) is 1. The Morgan fingerprint density at radius 2 is 1.88 bits per heavy atom. The summed E-state index contributed by atoms with van der Waals surface area (Å²) in [5.74, 6) is -2.90. The zero-order chi connectivity index (χ0) is 18.3. The Morgan fingerprint density at radius 3 is 2.56 bits per heavy atom. The molecule has 7 nitrogen and oxygen atoms in total. The molecule has 1 N–H and O–H groups in total. The summed E-state index contributed by atoms with van der Waals surface area (Å²) in [5.41, 5.74) is 1.48. The number of carbonyl (C=O) groups excluding carboxylic acids is 3. The number of fused-ring (bicyclic) bond motifs is 1. The molecule has 3 amide bonds. The summed E-state index contributed by atoms with van der Waals surface area (Å²) in [6, 6.07) is 4.53. The first-order valence-electron chi connectivity index (χ1n) is 8.30. The molecule has 132 valence electrons. The monoisotopic (exact) mass is 344 g/mol. The number of aliphatic carboxylic acids is 1. The van der Waals surface area contributed by atoms with Gasteiger partial charge in [0.25, 0.3) is 11.8 Å². The number of hydrogen-bond acceptors (Lipinski definition) is 4. The van der Waals surface area contributed by atoms with Crippen LogP contribution in [0.3, 0.4) is 0 Å². The number of likely N-dealkylation sites (tertiary alicyclic amines) is 1. The fraction of sp³-hybridized carbons (Fsp3) is 0.444. The Kier molecular flexibility index (Phi) is 4.32. The third-order valence-corrected chi connectivity index (χ3v) is 5.05. The van der Waals surface area contributed by atoms with E-state index in [1.165, 1.54) is 4.90 Å². The maximum atomic E-state index is 12.6. The van der Waals surface area contributed by atoms with E-state index in [0.717, 1.165) is 10.5 Å². The van der Waals surface area contributed by atoms with Crippen LogP contribution in [0.4, 0.5) is 0 Å². The molecule has 0 saturated carbocycles. The second kappa shape index (κ2) is 6.31. The van der Waals surface area contributed by atoms with Gasteiger partial charge in [-0.2, -0.15) is 0 Å². The predicted molar refractivity (Wildman–Crippen MR) is 88.1 cm³/mol. The third-order valence-electron chi connectivity index (χ3n) is 5.05. The van der Waals surface area contributed by atoms with Crippen molar-refractivity contribution < 1.29 is 24.3 Å². The first-order valence-corrected chi connectivity index (χ1v) is 8.30. The highest BCUT2D eigenvalue weighted by molar-refractivity contribution is 6.22. The number of imide groups is 1. The minimum absolute atomic E-state index is 0.304. The first-order chi connectivity index (χ1) is 11.8. The number of rotatable bonds is 3. The van der Waals surface area contributed by atoms with Crippen LogP contribution >= 0.6 is 0 Å². The maximum Gasteiger partial charge on any atom is 0.308 e. The molecule has 7 heteroatoms. The van der Waals surface area contributed by atoms with E-state index in [4.69, 9.17) is 0 Å². The van der Waals surface area contributed by atoms with Crippen LogP contribution in [0.15, 0.2) is 18.2 Å². The molecule has 25 heavy (non-hydrogen) atoms. The molecule has 0 aromatic heterocycles. The first kappa shape index (κ1) is 17.1. The lowest BCUT2D eigenvalue weighted by Crippen LogP contribution is -2.52. The highest BCUT2D eigenvalue weighted by Gasteiger charge is 2.40. The molecule has 0 bridgehead atoms. The minimum atomic E-state index is -0.929. The molecule has 2 heterocycles. The molecule has 0 aliphatic carbocycles. The molecule has 1 saturated heterocycles. The van der Waals surface area contributed by atoms with Gasteiger partial charge in [-0.25, -0.2) is 0 Å². The zero-order valence-corrected chi connectivity index (χ0v) is 14.2. The lowest BCUT2D eigenvalue weighted by Gasteiger charge is -2.38. The highest BCUT2D eigenvalue weighted by atomic mass is 16.4. The summed E-state index contributed by atoms with van der Waals surface area (Å²) in [6.07, 6.45) is 1.11. The minimum Gasteiger partial charge on any atom is -0.481 e. The molecule has 2 aliphatic heterocycles. The topological polar surface area (TPSA) is 95.0 Å². The summed E-state index contributed by atoms with van der Waals surface area (Å²) in [5, 5.41) is 9.26. The van der Waals surface area contributed by atoms with Crippen LogP contribution in [-0.2, 0) is 9.59 Å². The number of piperidine rings is 1. The van der Waals surface area contributed by atoms with Crippen molar-refractivity contribution in [3.05, 3.63) is 34.9 Å². The number of carboxylic acid groups (broad SMARTS) is 1. The van der Waals surface area contributed by atoms with Crippen LogP contribution in [0.25, 0.3) is 0 Å². The van der Waals surface area contributed by atoms with E-state index in [1.54, 1.807) is 25.1 Å². The van der Waals surface area contributed by atoms with Crippen molar-refractivity contribution in [3.63, 3.8) is 0 Å². The van der Waals surface area contributed by atoms with Crippen molar-refractivity contribution in [1.82, 2.24) is 9.80 Å². The van der Waals surface area contributed by atoms with Gasteiger partial charge in [0, 0.05) is 12.6 Å². The lowest BCUT2D eigenvalue weighted by atomic mass is 9.90. The van der Waals surface area contributed by atoms with Gasteiger partial charge in [-0.15, -0.1) is 0 Å². The third kappa shape index (κ3) is 2.90. The number of carboxylic acids is 1. The van der Waals surface area contributed by atoms with E-state index in [9.17, 15) is 24.3 Å². The summed E-state index contributed by atoms with van der Waals surface area (Å²) in [4.78, 5) is 51.3. The standard InChI is InChI=1S/C18H20N2O5/c1-10-5-6-13-14(8-10)17(23)20(16(13)22)9-15(21)19-7-3-4-12(11(19)2)18(24)25/h5-6,8,11-12H,3-4,7,9H2,1-2H3,(H,24,25)/t11-,12-/m1/s1. The quantitative estimate of drug-likeness (QED) is 0.834. The molecular weight excluding hydrogens is 324 g/mol. The van der Waals surface area contributed by atoms with Gasteiger partial charge in [0.05, 0.1) is 17.0 Å². The van der Waals surface area contributed by atoms with E-state index < -0.39 is 35.7 Å². The molecular formula is C18H20N2O5. The van der Waals surface area contributed by atoms with Gasteiger partial charge in [0.2, 0.25) is 5.91 Å². The molecule has 2 atom stereocenters. The maximum absolute atomic E-state index is 12.6. The number of nitrogens with zero attached hydrogens (tertiary/aromatic N) is 2. The molecule has 1 fully saturated rings. The molecule has 0 radical (unpaired) electrons. The number of benzene rings is 1. The van der Waals surface area contributed by atoms with Gasteiger partial charge >= 0.3 is 5.97 Å². The predicted octanol–water partition coefficient (Wildman–Crippen LogP) is 1.30. The van der Waals surface area contributed by atoms with Gasteiger partial charge in [0.15, 0.2) is 0 Å². The van der Waals surface area contributed by atoms with Gasteiger partial charge < -0.3 is 10.0 Å². The highest BCUT2D eigenvalue weighted by Crippen LogP contribution is 2.26. The summed E-state index contributed by atoms with van der Waals surface area (Å²) >= 11 is 0. The van der Waals surface area contributed by atoms with Crippen LogP contribution in [0.5, 0.6) is 0 Å². The van der Waals surface area contributed by atoms with Crippen LogP contribution < -0.4 is 0 Å². The average molecular weight is 344 g/mol. The van der Waals surface area contributed by atoms with Crippen LogP contribution in [-0.4, -0.2) is 57.7 Å². The fourth-order valence-electron chi connectivity index (χ4n) is 3.60. The second-order valence-corrected chi connectivity index (χ2v) is 6.66. The Morgan fingerprint density at radius 1 is 1.20 bits per heavy atom. The van der Waals surface area contributed by atoms with Crippen molar-refractivity contribution in [3.8, 4) is 0 Å². The largest absolute Gasteiger partial charge is 0.481 e. The van der Waals surface area contributed by atoms with E-state index in [-0.39, 0.29) is 6.54 Å². The van der Waals surface area contributed by atoms with Gasteiger partial charge in [-0.05, 0) is 38.8 Å². The van der Waals surface area contributed by atoms with Crippen molar-refractivity contribution >= 4 is 23.7 Å². The Bertz CT molecular complexity index is 773. The Labute approximate surface area is 145 Å². The molecule has 3 rings (SSSR count). The van der Waals surface area contributed by atoms with E-state index in [0.29, 0.717) is 30.5 Å². The molecule has 2 aliphatic rings. The molecule has 0 spiro atoms. The smallest absolute Gasteiger partial charge is 0.308 e. The van der Waals surface area contributed by atoms with E-state index in [1.807, 2.05) is 6.92 Å². The Balaban J connectivity index is 1.77. The summed E-state index contributed by atoms with van der Waals surface area (Å²) in [6.45, 7) is 3.60. The molecule has 0 unspecified atom stereocenters. The molecule has 1 aromatic carbocycles. The Hall–Kier alpha value is -2.70. The van der Waals surface area contributed by atoms with Gasteiger partial charge in [0.1, 0.15) is 6.54 Å². The lowest BCUT2D eigenvalue weighted by molar-refractivity contribution is -0.149.